The zero-order chi connectivity index (χ0) is 32.9. The molecule has 4 fully saturated rings. The van der Waals surface area contributed by atoms with Gasteiger partial charge in [0.25, 0.3) is 0 Å². The Labute approximate surface area is 272 Å². The van der Waals surface area contributed by atoms with Gasteiger partial charge in [0.05, 0.1) is 30.6 Å². The lowest BCUT2D eigenvalue weighted by Crippen LogP contribution is -2.61. The van der Waals surface area contributed by atoms with E-state index in [1.54, 1.807) is 4.90 Å². The minimum absolute atomic E-state index is 0.0356. The van der Waals surface area contributed by atoms with Gasteiger partial charge in [-0.15, -0.1) is 0 Å². The maximum atomic E-state index is 14.6. The Hall–Kier alpha value is -2.26. The Bertz CT molecular complexity index is 1260. The van der Waals surface area contributed by atoms with Crippen molar-refractivity contribution in [1.29, 1.82) is 0 Å². The van der Waals surface area contributed by atoms with Crippen LogP contribution in [0.2, 0.25) is 5.02 Å². The molecule has 1 aromatic rings. The first-order valence-corrected chi connectivity index (χ1v) is 17.2. The van der Waals surface area contributed by atoms with Crippen LogP contribution >= 0.6 is 11.6 Å². The predicted octanol–water partition coefficient (Wildman–Crippen LogP) is 6.51. The molecule has 0 aromatic heterocycles. The Morgan fingerprint density at radius 3 is 2.07 bits per heavy atom. The Morgan fingerprint density at radius 2 is 1.51 bits per heavy atom. The van der Waals surface area contributed by atoms with Crippen LogP contribution in [0.5, 0.6) is 0 Å². The van der Waals surface area contributed by atoms with Gasteiger partial charge in [-0.1, -0.05) is 32.4 Å². The summed E-state index contributed by atoms with van der Waals surface area (Å²) in [6.07, 6.45) is 2.85. The Kier molecular flexibility index (Phi) is 9.39. The molecule has 5 rings (SSSR count). The number of alkyl halides is 2. The number of quaternary nitrogens is 1. The Balaban J connectivity index is 1.45. The van der Waals surface area contributed by atoms with Gasteiger partial charge in [0.15, 0.2) is 0 Å². The van der Waals surface area contributed by atoms with Gasteiger partial charge in [-0.25, -0.2) is 8.78 Å². The second-order valence-corrected chi connectivity index (χ2v) is 16.4. The van der Waals surface area contributed by atoms with Crippen LogP contribution < -0.4 is 4.48 Å². The molecule has 1 unspecified atom stereocenters. The minimum Gasteiger partial charge on any atom is -0.341 e. The van der Waals surface area contributed by atoms with Crippen molar-refractivity contribution in [3.8, 4) is 0 Å². The van der Waals surface area contributed by atoms with Crippen LogP contribution in [0.4, 0.5) is 14.5 Å². The number of carbonyl (C=O) groups is 3. The fourth-order valence-electron chi connectivity index (χ4n) is 8.29. The number of nitrogens with zero attached hydrogens (tertiary/aromatic N) is 4. The van der Waals surface area contributed by atoms with E-state index in [2.05, 4.69) is 32.9 Å². The van der Waals surface area contributed by atoms with Gasteiger partial charge < -0.3 is 14.7 Å². The predicted molar refractivity (Wildman–Crippen MR) is 174 cm³/mol. The third-order valence-electron chi connectivity index (χ3n) is 11.0. The van der Waals surface area contributed by atoms with Gasteiger partial charge in [-0.05, 0) is 65.0 Å². The number of amides is 3. The number of hydrogen-bond acceptors (Lipinski definition) is 3. The quantitative estimate of drug-likeness (QED) is 0.342. The number of likely N-dealkylation sites (tertiary alicyclic amines) is 3. The third kappa shape index (κ3) is 6.76. The van der Waals surface area contributed by atoms with Crippen LogP contribution in [0.1, 0.15) is 92.9 Å². The van der Waals surface area contributed by atoms with E-state index < -0.39 is 23.4 Å². The average molecular weight is 650 g/mol. The highest BCUT2D eigenvalue weighted by Gasteiger charge is 2.54. The maximum absolute atomic E-state index is 14.6. The van der Waals surface area contributed by atoms with Crippen molar-refractivity contribution in [2.24, 2.45) is 11.3 Å². The van der Waals surface area contributed by atoms with Crippen molar-refractivity contribution >= 4 is 35.0 Å². The number of benzene rings is 1. The summed E-state index contributed by atoms with van der Waals surface area (Å²) in [7, 11) is 0. The summed E-state index contributed by atoms with van der Waals surface area (Å²) in [6.45, 7) is 15.1. The molecule has 3 heterocycles. The summed E-state index contributed by atoms with van der Waals surface area (Å²) in [4.78, 5) is 48.0. The SMILES string of the molecule is CC(C)(C)C(=O)N(C1CCC(F)(F)CC1)[C@H]1C[C@@H](C(=O)N2CCCC2)N(C(=O)[C@H]2CC[N+](c3ccc(Cl)cc3)(C(C)(C)C)C2)C1. The summed E-state index contributed by atoms with van der Waals surface area (Å²) in [5.41, 5.74) is 0.210. The maximum Gasteiger partial charge on any atom is 0.248 e. The van der Waals surface area contributed by atoms with Gasteiger partial charge >= 0.3 is 0 Å². The van der Waals surface area contributed by atoms with E-state index in [4.69, 9.17) is 11.6 Å². The summed E-state index contributed by atoms with van der Waals surface area (Å²) in [6, 6.07) is 6.51. The number of rotatable bonds is 5. The summed E-state index contributed by atoms with van der Waals surface area (Å²) in [5, 5.41) is 0.667. The largest absolute Gasteiger partial charge is 0.341 e. The standard InChI is InChI=1S/C35H52ClF2N4O3/c1-33(2,3)32(45)41(26-13-16-35(37,38)17-14-26)27-21-29(31(44)39-18-7-8-19-39)40(22-27)30(43)24-15-20-42(23-24,34(4,5)6)28-11-9-25(36)10-12-28/h9-12,24,26-27,29H,7-8,13-23H2,1-6H3/q+1/t24-,27-,29-,42?/m0/s1. The highest BCUT2D eigenvalue weighted by atomic mass is 35.5. The molecule has 10 heteroatoms. The second-order valence-electron chi connectivity index (χ2n) is 16.0. The fraction of sp³-hybridized carbons (Fsp3) is 0.743. The minimum atomic E-state index is -2.72. The normalized spacial score (nSPS) is 29.3. The van der Waals surface area contributed by atoms with Crippen LogP contribution in [0, 0.1) is 11.3 Å². The van der Waals surface area contributed by atoms with Crippen LogP contribution in [0.25, 0.3) is 0 Å². The van der Waals surface area contributed by atoms with Crippen molar-refractivity contribution < 1.29 is 23.2 Å². The number of halogens is 3. The third-order valence-corrected chi connectivity index (χ3v) is 11.2. The zero-order valence-corrected chi connectivity index (χ0v) is 28.7. The molecule has 0 radical (unpaired) electrons. The number of hydrogen-bond donors (Lipinski definition) is 0. The molecule has 3 saturated heterocycles. The lowest BCUT2D eigenvalue weighted by Gasteiger charge is -2.45. The molecular formula is C35H52ClF2N4O3+. The van der Waals surface area contributed by atoms with Crippen molar-refractivity contribution in [2.45, 2.75) is 122 Å². The lowest BCUT2D eigenvalue weighted by atomic mass is 9.86. The van der Waals surface area contributed by atoms with Gasteiger partial charge in [-0.3, -0.25) is 18.9 Å². The van der Waals surface area contributed by atoms with E-state index in [0.717, 1.165) is 25.1 Å². The smallest absolute Gasteiger partial charge is 0.248 e. The molecule has 4 aliphatic rings. The monoisotopic (exact) mass is 649 g/mol. The molecule has 0 N–H and O–H groups in total. The van der Waals surface area contributed by atoms with Gasteiger partial charge in [0.2, 0.25) is 23.6 Å². The molecule has 45 heavy (non-hydrogen) atoms. The molecule has 0 spiro atoms. The molecule has 4 atom stereocenters. The van der Waals surface area contributed by atoms with E-state index in [1.807, 2.05) is 42.7 Å². The van der Waals surface area contributed by atoms with E-state index >= 15 is 0 Å². The summed E-state index contributed by atoms with van der Waals surface area (Å²) >= 11 is 6.23. The van der Waals surface area contributed by atoms with E-state index in [9.17, 15) is 23.2 Å². The van der Waals surface area contributed by atoms with Gasteiger partial charge in [0.1, 0.15) is 11.7 Å². The molecule has 3 aliphatic heterocycles. The van der Waals surface area contributed by atoms with Crippen LogP contribution in [-0.2, 0) is 14.4 Å². The van der Waals surface area contributed by atoms with Gasteiger partial charge in [-0.2, -0.15) is 0 Å². The van der Waals surface area contributed by atoms with Crippen molar-refractivity contribution in [2.75, 3.05) is 32.7 Å². The number of carbonyl (C=O) groups excluding carboxylic acids is 3. The van der Waals surface area contributed by atoms with Crippen LogP contribution in [-0.4, -0.2) is 94.7 Å². The van der Waals surface area contributed by atoms with Gasteiger partial charge in [0, 0.05) is 67.5 Å². The van der Waals surface area contributed by atoms with E-state index in [0.29, 0.717) is 42.0 Å². The molecule has 1 saturated carbocycles. The lowest BCUT2D eigenvalue weighted by molar-refractivity contribution is -0.148. The highest BCUT2D eigenvalue weighted by Crippen LogP contribution is 2.43. The molecule has 3 amide bonds. The van der Waals surface area contributed by atoms with Crippen molar-refractivity contribution in [3.63, 3.8) is 0 Å². The van der Waals surface area contributed by atoms with Crippen molar-refractivity contribution in [3.05, 3.63) is 29.3 Å². The molecule has 250 valence electrons. The summed E-state index contributed by atoms with van der Waals surface area (Å²) < 4.78 is 29.1. The van der Waals surface area contributed by atoms with E-state index in [1.165, 1.54) is 0 Å². The second kappa shape index (κ2) is 12.4. The zero-order valence-electron chi connectivity index (χ0n) is 28.0. The Morgan fingerprint density at radius 1 is 0.911 bits per heavy atom. The van der Waals surface area contributed by atoms with Crippen LogP contribution in [0.3, 0.4) is 0 Å². The van der Waals surface area contributed by atoms with Crippen molar-refractivity contribution in [1.82, 2.24) is 19.2 Å². The fourth-order valence-corrected chi connectivity index (χ4v) is 8.42. The molecule has 0 bridgehead atoms. The average Bonchev–Trinajstić information content (AvgIpc) is 3.73. The molecule has 1 aliphatic carbocycles. The molecule has 7 nitrogen and oxygen atoms in total. The molecule has 1 aromatic carbocycles. The van der Waals surface area contributed by atoms with E-state index in [-0.39, 0.29) is 67.4 Å². The first-order chi connectivity index (χ1) is 20.9. The molecular weight excluding hydrogens is 598 g/mol. The highest BCUT2D eigenvalue weighted by molar-refractivity contribution is 6.30. The summed E-state index contributed by atoms with van der Waals surface area (Å²) in [5.74, 6) is -3.19. The topological polar surface area (TPSA) is 60.9 Å². The first-order valence-electron chi connectivity index (χ1n) is 16.9. The first kappa shape index (κ1) is 34.1. The van der Waals surface area contributed by atoms with Crippen LogP contribution in [0.15, 0.2) is 24.3 Å².